The number of aliphatic hydroxyl groups excluding tert-OH is 1. The van der Waals surface area contributed by atoms with Crippen LogP contribution in [0.2, 0.25) is 0 Å². The second-order valence-corrected chi connectivity index (χ2v) is 3.78. The first-order chi connectivity index (χ1) is 6.75. The number of aliphatic hydroxyl groups is 1. The van der Waals surface area contributed by atoms with E-state index in [1.165, 1.54) is 0 Å². The van der Waals surface area contributed by atoms with E-state index in [1.54, 1.807) is 4.68 Å². The summed E-state index contributed by atoms with van der Waals surface area (Å²) in [6, 6.07) is 0. The summed E-state index contributed by atoms with van der Waals surface area (Å²) in [5.74, 6) is 0.167. The van der Waals surface area contributed by atoms with Gasteiger partial charge in [-0.3, -0.25) is 4.68 Å². The Morgan fingerprint density at radius 1 is 1.71 bits per heavy atom. The molecule has 2 rings (SSSR count). The molecule has 5 nitrogen and oxygen atoms in total. The summed E-state index contributed by atoms with van der Waals surface area (Å²) in [6.45, 7) is 1.29. The predicted octanol–water partition coefficient (Wildman–Crippen LogP) is -0.245. The van der Waals surface area contributed by atoms with Crippen LogP contribution in [0.5, 0.6) is 0 Å². The normalized spacial score (nSPS) is 27.9. The highest BCUT2D eigenvalue weighted by Gasteiger charge is 2.24. The van der Waals surface area contributed by atoms with E-state index in [4.69, 9.17) is 4.74 Å². The second-order valence-electron chi connectivity index (χ2n) is 3.78. The maximum atomic E-state index is 9.70. The molecule has 1 aliphatic rings. The summed E-state index contributed by atoms with van der Waals surface area (Å²) in [5.41, 5.74) is 0.919. The molecular weight excluding hydrogens is 182 g/mol. The number of hydrogen-bond acceptors (Lipinski definition) is 4. The third-order valence-corrected chi connectivity index (χ3v) is 2.56. The molecule has 0 aromatic carbocycles. The van der Waals surface area contributed by atoms with Crippen molar-refractivity contribution in [1.82, 2.24) is 15.0 Å². The predicted molar refractivity (Wildman–Crippen MR) is 49.6 cm³/mol. The lowest BCUT2D eigenvalue weighted by atomic mass is 9.94. The van der Waals surface area contributed by atoms with E-state index in [-0.39, 0.29) is 12.0 Å². The molecule has 1 aliphatic heterocycles. The lowest BCUT2D eigenvalue weighted by molar-refractivity contribution is -0.0353. The first-order valence-corrected chi connectivity index (χ1v) is 4.86. The molecule has 1 aromatic rings. The van der Waals surface area contributed by atoms with Gasteiger partial charge >= 0.3 is 0 Å². The quantitative estimate of drug-likeness (QED) is 0.710. The molecule has 5 heteroatoms. The summed E-state index contributed by atoms with van der Waals surface area (Å²) < 4.78 is 6.99. The summed E-state index contributed by atoms with van der Waals surface area (Å²) in [4.78, 5) is 0. The second kappa shape index (κ2) is 4.06. The van der Waals surface area contributed by atoms with Crippen molar-refractivity contribution in [3.63, 3.8) is 0 Å². The van der Waals surface area contributed by atoms with Gasteiger partial charge in [0.25, 0.3) is 0 Å². The molecule has 2 heterocycles. The lowest BCUT2D eigenvalue weighted by Gasteiger charge is -2.26. The molecule has 0 spiro atoms. The summed E-state index contributed by atoms with van der Waals surface area (Å²) in [6.07, 6.45) is 3.09. The van der Waals surface area contributed by atoms with Crippen molar-refractivity contribution in [2.24, 2.45) is 13.0 Å². The van der Waals surface area contributed by atoms with E-state index in [0.29, 0.717) is 13.2 Å². The van der Waals surface area contributed by atoms with Gasteiger partial charge in [0, 0.05) is 32.2 Å². The zero-order chi connectivity index (χ0) is 9.97. The molecule has 2 unspecified atom stereocenters. The van der Waals surface area contributed by atoms with Crippen molar-refractivity contribution >= 4 is 0 Å². The van der Waals surface area contributed by atoms with Crippen LogP contribution in [0, 0.1) is 5.92 Å². The maximum absolute atomic E-state index is 9.70. The fourth-order valence-electron chi connectivity index (χ4n) is 1.74. The Balaban J connectivity index is 1.95. The van der Waals surface area contributed by atoms with Crippen LogP contribution >= 0.6 is 0 Å². The van der Waals surface area contributed by atoms with Crippen molar-refractivity contribution in [3.8, 4) is 0 Å². The van der Waals surface area contributed by atoms with Crippen molar-refractivity contribution in [3.05, 3.63) is 11.9 Å². The Morgan fingerprint density at radius 2 is 2.57 bits per heavy atom. The van der Waals surface area contributed by atoms with Crippen molar-refractivity contribution in [1.29, 1.82) is 0 Å². The van der Waals surface area contributed by atoms with Gasteiger partial charge in [-0.1, -0.05) is 5.21 Å². The summed E-state index contributed by atoms with van der Waals surface area (Å²) >= 11 is 0. The van der Waals surface area contributed by atoms with Crippen LogP contribution in [-0.4, -0.2) is 39.4 Å². The fourth-order valence-corrected chi connectivity index (χ4v) is 1.74. The summed E-state index contributed by atoms with van der Waals surface area (Å²) in [7, 11) is 1.84. The zero-order valence-electron chi connectivity index (χ0n) is 8.26. The van der Waals surface area contributed by atoms with Gasteiger partial charge in [-0.15, -0.1) is 5.10 Å². The molecule has 0 saturated carbocycles. The number of ether oxygens (including phenoxy) is 1. The highest BCUT2D eigenvalue weighted by molar-refractivity contribution is 4.95. The molecule has 1 N–H and O–H groups in total. The topological polar surface area (TPSA) is 60.2 Å². The van der Waals surface area contributed by atoms with E-state index in [0.717, 1.165) is 18.5 Å². The monoisotopic (exact) mass is 197 g/mol. The molecule has 0 radical (unpaired) electrons. The van der Waals surface area contributed by atoms with Gasteiger partial charge in [-0.05, 0) is 6.42 Å². The molecule has 0 bridgehead atoms. The minimum atomic E-state index is -0.259. The molecule has 1 saturated heterocycles. The number of nitrogens with zero attached hydrogens (tertiary/aromatic N) is 3. The van der Waals surface area contributed by atoms with Gasteiger partial charge in [0.15, 0.2) is 0 Å². The average Bonchev–Trinajstić information content (AvgIpc) is 2.56. The van der Waals surface area contributed by atoms with Crippen molar-refractivity contribution < 1.29 is 9.84 Å². The SMILES string of the molecule is Cn1cc(CC2COCCC2O)nn1. The van der Waals surface area contributed by atoms with Crippen LogP contribution in [0.15, 0.2) is 6.20 Å². The van der Waals surface area contributed by atoms with Crippen LogP contribution in [0.25, 0.3) is 0 Å². The first kappa shape index (κ1) is 9.61. The molecule has 78 valence electrons. The van der Waals surface area contributed by atoms with Gasteiger partial charge in [-0.25, -0.2) is 0 Å². The van der Waals surface area contributed by atoms with Crippen LogP contribution in [-0.2, 0) is 18.2 Å². The van der Waals surface area contributed by atoms with E-state index < -0.39 is 0 Å². The minimum Gasteiger partial charge on any atom is -0.393 e. The Labute approximate surface area is 82.7 Å². The number of aromatic nitrogens is 3. The lowest BCUT2D eigenvalue weighted by Crippen LogP contribution is -2.33. The molecule has 0 amide bonds. The van der Waals surface area contributed by atoms with Crippen LogP contribution in [0.1, 0.15) is 12.1 Å². The van der Waals surface area contributed by atoms with Gasteiger partial charge in [-0.2, -0.15) is 0 Å². The Kier molecular flexibility index (Phi) is 2.79. The van der Waals surface area contributed by atoms with E-state index >= 15 is 0 Å². The molecule has 0 aliphatic carbocycles. The number of rotatable bonds is 2. The third-order valence-electron chi connectivity index (χ3n) is 2.56. The van der Waals surface area contributed by atoms with E-state index in [2.05, 4.69) is 10.3 Å². The molecule has 1 aromatic heterocycles. The highest BCUT2D eigenvalue weighted by Crippen LogP contribution is 2.18. The van der Waals surface area contributed by atoms with E-state index in [1.807, 2.05) is 13.2 Å². The first-order valence-electron chi connectivity index (χ1n) is 4.86. The smallest absolute Gasteiger partial charge is 0.0831 e. The maximum Gasteiger partial charge on any atom is 0.0831 e. The van der Waals surface area contributed by atoms with E-state index in [9.17, 15) is 5.11 Å². The minimum absolute atomic E-state index is 0.167. The average molecular weight is 197 g/mol. The third kappa shape index (κ3) is 2.10. The molecule has 1 fully saturated rings. The largest absolute Gasteiger partial charge is 0.393 e. The Bertz CT molecular complexity index is 300. The van der Waals surface area contributed by atoms with Gasteiger partial charge < -0.3 is 9.84 Å². The molecule has 14 heavy (non-hydrogen) atoms. The highest BCUT2D eigenvalue weighted by atomic mass is 16.5. The number of hydrogen-bond donors (Lipinski definition) is 1. The summed E-state index contributed by atoms with van der Waals surface area (Å²) in [5, 5.41) is 17.5. The van der Waals surface area contributed by atoms with Gasteiger partial charge in [0.2, 0.25) is 0 Å². The van der Waals surface area contributed by atoms with Gasteiger partial charge in [0.1, 0.15) is 0 Å². The van der Waals surface area contributed by atoms with Crippen molar-refractivity contribution in [2.45, 2.75) is 18.9 Å². The molecule has 2 atom stereocenters. The van der Waals surface area contributed by atoms with Crippen LogP contribution in [0.3, 0.4) is 0 Å². The Hall–Kier alpha value is -0.940. The fraction of sp³-hybridized carbons (Fsp3) is 0.778. The standard InChI is InChI=1S/C9H15N3O2/c1-12-5-8(10-11-12)4-7-6-14-3-2-9(7)13/h5,7,9,13H,2-4,6H2,1H3. The van der Waals surface area contributed by atoms with Crippen LogP contribution in [0.4, 0.5) is 0 Å². The van der Waals surface area contributed by atoms with Crippen molar-refractivity contribution in [2.75, 3.05) is 13.2 Å². The molecular formula is C9H15N3O2. The van der Waals surface area contributed by atoms with Crippen LogP contribution < -0.4 is 0 Å². The zero-order valence-corrected chi connectivity index (χ0v) is 8.26. The Morgan fingerprint density at radius 3 is 3.21 bits per heavy atom. The number of aryl methyl sites for hydroxylation is 1. The van der Waals surface area contributed by atoms with Gasteiger partial charge in [0.05, 0.1) is 18.4 Å².